The molecule has 0 aromatic carbocycles. The number of hydrogen-bond acceptors (Lipinski definition) is 3. The molecule has 1 aliphatic heterocycles. The molecule has 0 saturated carbocycles. The summed E-state index contributed by atoms with van der Waals surface area (Å²) in [7, 11) is 0. The van der Waals surface area contributed by atoms with Crippen LogP contribution >= 0.6 is 0 Å². The Hall–Kier alpha value is -0.990. The van der Waals surface area contributed by atoms with Crippen LogP contribution < -0.4 is 5.32 Å². The predicted octanol–water partition coefficient (Wildman–Crippen LogP) is 1.88. The lowest BCUT2D eigenvalue weighted by Gasteiger charge is -2.36. The smallest absolute Gasteiger partial charge is 0.405 e. The molecule has 0 aromatic rings. The SMILES string of the molecule is CCOC(=O)C1CNCC1(C(F)(F)F)C(F)(F)F. The summed E-state index contributed by atoms with van der Waals surface area (Å²) in [6, 6.07) is 0. The molecule has 1 rings (SSSR count). The molecule has 1 saturated heterocycles. The Morgan fingerprint density at radius 2 is 1.78 bits per heavy atom. The maximum atomic E-state index is 12.8. The lowest BCUT2D eigenvalue weighted by atomic mass is 9.76. The first-order valence-corrected chi connectivity index (χ1v) is 5.08. The topological polar surface area (TPSA) is 38.3 Å². The Labute approximate surface area is 98.5 Å². The molecule has 1 unspecified atom stereocenters. The zero-order valence-corrected chi connectivity index (χ0v) is 9.28. The highest BCUT2D eigenvalue weighted by atomic mass is 19.4. The van der Waals surface area contributed by atoms with E-state index < -0.39 is 42.7 Å². The number of halogens is 6. The molecular weight excluding hydrogens is 268 g/mol. The fraction of sp³-hybridized carbons (Fsp3) is 0.889. The minimum absolute atomic E-state index is 0.277. The molecule has 106 valence electrons. The Balaban J connectivity index is 3.22. The molecule has 1 aliphatic rings. The summed E-state index contributed by atoms with van der Waals surface area (Å²) >= 11 is 0. The molecule has 0 aromatic heterocycles. The van der Waals surface area contributed by atoms with E-state index in [0.717, 1.165) is 0 Å². The highest BCUT2D eigenvalue weighted by molar-refractivity contribution is 5.74. The predicted molar refractivity (Wildman–Crippen MR) is 47.5 cm³/mol. The van der Waals surface area contributed by atoms with Crippen molar-refractivity contribution in [2.75, 3.05) is 19.7 Å². The monoisotopic (exact) mass is 279 g/mol. The number of rotatable bonds is 2. The van der Waals surface area contributed by atoms with Crippen LogP contribution in [0.15, 0.2) is 0 Å². The van der Waals surface area contributed by atoms with Crippen molar-refractivity contribution in [3.63, 3.8) is 0 Å². The molecule has 3 nitrogen and oxygen atoms in total. The van der Waals surface area contributed by atoms with Gasteiger partial charge in [-0.3, -0.25) is 4.79 Å². The van der Waals surface area contributed by atoms with E-state index in [2.05, 4.69) is 4.74 Å². The van der Waals surface area contributed by atoms with Crippen molar-refractivity contribution in [3.05, 3.63) is 0 Å². The second-order valence-electron chi connectivity index (χ2n) is 3.90. The second kappa shape index (κ2) is 4.60. The highest BCUT2D eigenvalue weighted by Crippen LogP contribution is 2.56. The van der Waals surface area contributed by atoms with Gasteiger partial charge < -0.3 is 10.1 Å². The van der Waals surface area contributed by atoms with Gasteiger partial charge in [-0.2, -0.15) is 26.3 Å². The van der Waals surface area contributed by atoms with Crippen LogP contribution in [-0.4, -0.2) is 38.0 Å². The van der Waals surface area contributed by atoms with Crippen molar-refractivity contribution in [1.82, 2.24) is 5.32 Å². The van der Waals surface area contributed by atoms with Crippen LogP contribution in [0.2, 0.25) is 0 Å². The molecule has 1 fully saturated rings. The lowest BCUT2D eigenvalue weighted by Crippen LogP contribution is -2.57. The molecule has 1 N–H and O–H groups in total. The summed E-state index contributed by atoms with van der Waals surface area (Å²) in [5.74, 6) is -3.80. The van der Waals surface area contributed by atoms with E-state index >= 15 is 0 Å². The van der Waals surface area contributed by atoms with E-state index in [1.807, 2.05) is 5.32 Å². The first-order valence-electron chi connectivity index (χ1n) is 5.08. The van der Waals surface area contributed by atoms with Gasteiger partial charge in [0.25, 0.3) is 0 Å². The van der Waals surface area contributed by atoms with Crippen molar-refractivity contribution >= 4 is 5.97 Å². The van der Waals surface area contributed by atoms with Gasteiger partial charge in [0.2, 0.25) is 0 Å². The molecule has 1 atom stereocenters. The van der Waals surface area contributed by atoms with Crippen LogP contribution in [0.4, 0.5) is 26.3 Å². The Bertz CT molecular complexity index is 310. The number of alkyl halides is 6. The average molecular weight is 279 g/mol. The quantitative estimate of drug-likeness (QED) is 0.619. The van der Waals surface area contributed by atoms with Gasteiger partial charge in [0.1, 0.15) is 0 Å². The Morgan fingerprint density at radius 1 is 1.28 bits per heavy atom. The van der Waals surface area contributed by atoms with Gasteiger partial charge in [0.15, 0.2) is 5.41 Å². The van der Waals surface area contributed by atoms with Crippen molar-refractivity contribution < 1.29 is 35.9 Å². The number of hydrogen-bond donors (Lipinski definition) is 1. The van der Waals surface area contributed by atoms with Crippen LogP contribution in [0.3, 0.4) is 0 Å². The van der Waals surface area contributed by atoms with Crippen molar-refractivity contribution in [2.24, 2.45) is 11.3 Å². The maximum absolute atomic E-state index is 12.8. The third kappa shape index (κ3) is 2.15. The van der Waals surface area contributed by atoms with E-state index in [1.165, 1.54) is 6.92 Å². The minimum atomic E-state index is -5.58. The molecule has 0 bridgehead atoms. The Kier molecular flexibility index (Phi) is 3.85. The van der Waals surface area contributed by atoms with Crippen LogP contribution in [0.1, 0.15) is 6.92 Å². The van der Waals surface area contributed by atoms with Crippen LogP contribution in [0.5, 0.6) is 0 Å². The molecule has 0 amide bonds. The zero-order valence-electron chi connectivity index (χ0n) is 9.28. The molecule has 0 spiro atoms. The van der Waals surface area contributed by atoms with E-state index in [4.69, 9.17) is 0 Å². The van der Waals surface area contributed by atoms with E-state index in [1.54, 1.807) is 0 Å². The third-order valence-electron chi connectivity index (χ3n) is 2.93. The molecular formula is C9H11F6NO2. The number of carbonyl (C=O) groups is 1. The summed E-state index contributed by atoms with van der Waals surface area (Å²) in [5, 5.41) is 1.97. The van der Waals surface area contributed by atoms with Crippen molar-refractivity contribution in [3.8, 4) is 0 Å². The molecule has 9 heteroatoms. The number of carbonyl (C=O) groups excluding carboxylic acids is 1. The third-order valence-corrected chi connectivity index (χ3v) is 2.93. The minimum Gasteiger partial charge on any atom is -0.466 e. The second-order valence-corrected chi connectivity index (χ2v) is 3.90. The van der Waals surface area contributed by atoms with E-state index in [0.29, 0.717) is 0 Å². The molecule has 18 heavy (non-hydrogen) atoms. The van der Waals surface area contributed by atoms with E-state index in [9.17, 15) is 31.1 Å². The first kappa shape index (κ1) is 15.1. The van der Waals surface area contributed by atoms with Crippen LogP contribution in [-0.2, 0) is 9.53 Å². The lowest BCUT2D eigenvalue weighted by molar-refractivity contribution is -0.345. The first-order chi connectivity index (χ1) is 8.08. The van der Waals surface area contributed by atoms with Crippen LogP contribution in [0, 0.1) is 11.3 Å². The summed E-state index contributed by atoms with van der Waals surface area (Å²) in [4.78, 5) is 11.3. The molecule has 0 aliphatic carbocycles. The summed E-state index contributed by atoms with van der Waals surface area (Å²) in [6.07, 6.45) is -11.2. The van der Waals surface area contributed by atoms with Crippen LogP contribution in [0.25, 0.3) is 0 Å². The van der Waals surface area contributed by atoms with E-state index in [-0.39, 0.29) is 6.61 Å². The number of nitrogens with one attached hydrogen (secondary N) is 1. The zero-order chi connectivity index (χ0) is 14.2. The normalized spacial score (nSPS) is 24.1. The van der Waals surface area contributed by atoms with Gasteiger partial charge >= 0.3 is 18.3 Å². The van der Waals surface area contributed by atoms with Gasteiger partial charge in [0.05, 0.1) is 12.5 Å². The van der Waals surface area contributed by atoms with Crippen molar-refractivity contribution in [1.29, 1.82) is 0 Å². The standard InChI is InChI=1S/C9H11F6NO2/c1-2-18-6(17)5-3-16-4-7(5,8(10,11)12)9(13,14)15/h5,16H,2-4H2,1H3. The number of esters is 1. The van der Waals surface area contributed by atoms with Gasteiger partial charge in [-0.05, 0) is 6.92 Å². The molecule has 0 radical (unpaired) electrons. The fourth-order valence-electron chi connectivity index (χ4n) is 1.99. The highest BCUT2D eigenvalue weighted by Gasteiger charge is 2.77. The summed E-state index contributed by atoms with van der Waals surface area (Å²) in [5.41, 5.74) is -4.08. The van der Waals surface area contributed by atoms with Gasteiger partial charge in [-0.25, -0.2) is 0 Å². The average Bonchev–Trinajstić information content (AvgIpc) is 2.60. The fourth-order valence-corrected chi connectivity index (χ4v) is 1.99. The largest absolute Gasteiger partial charge is 0.466 e. The number of ether oxygens (including phenoxy) is 1. The summed E-state index contributed by atoms with van der Waals surface area (Å²) < 4.78 is 81.1. The Morgan fingerprint density at radius 3 is 2.17 bits per heavy atom. The maximum Gasteiger partial charge on any atom is 0.405 e. The van der Waals surface area contributed by atoms with Gasteiger partial charge in [-0.1, -0.05) is 0 Å². The van der Waals surface area contributed by atoms with Gasteiger partial charge in [-0.15, -0.1) is 0 Å². The molecule has 1 heterocycles. The van der Waals surface area contributed by atoms with Gasteiger partial charge in [0, 0.05) is 13.1 Å². The van der Waals surface area contributed by atoms with Crippen molar-refractivity contribution in [2.45, 2.75) is 19.3 Å². The summed E-state index contributed by atoms with van der Waals surface area (Å²) in [6.45, 7) is -1.05.